The van der Waals surface area contributed by atoms with Crippen molar-refractivity contribution in [2.75, 3.05) is 18.4 Å². The summed E-state index contributed by atoms with van der Waals surface area (Å²) in [5, 5.41) is 5.74. The van der Waals surface area contributed by atoms with E-state index >= 15 is 0 Å². The van der Waals surface area contributed by atoms with Gasteiger partial charge in [0.25, 0.3) is 5.91 Å². The van der Waals surface area contributed by atoms with E-state index in [1.54, 1.807) is 16.4 Å². The highest BCUT2D eigenvalue weighted by molar-refractivity contribution is 7.89. The second-order valence-corrected chi connectivity index (χ2v) is 11.5. The lowest BCUT2D eigenvalue weighted by molar-refractivity contribution is 0.102. The molecule has 1 amide bonds. The Morgan fingerprint density at radius 2 is 1.69 bits per heavy atom. The molecule has 1 aromatic heterocycles. The molecule has 0 radical (unpaired) electrons. The molecule has 4 rings (SSSR count). The molecule has 0 bridgehead atoms. The van der Waals surface area contributed by atoms with E-state index in [9.17, 15) is 13.2 Å². The predicted octanol–water partition coefficient (Wildman–Crippen LogP) is 5.38. The number of carbonyl (C=O) groups excluding carboxylic acids is 1. The molecule has 168 valence electrons. The van der Waals surface area contributed by atoms with E-state index in [4.69, 9.17) is 11.6 Å². The maximum absolute atomic E-state index is 13.0. The number of benzene rings is 2. The van der Waals surface area contributed by atoms with Crippen LogP contribution in [-0.2, 0) is 10.0 Å². The minimum Gasteiger partial charge on any atom is -0.298 e. The zero-order valence-electron chi connectivity index (χ0n) is 17.8. The standard InChI is InChI=1S/C23H24ClN3O3S2/c1-15-11-16(2)13-27(12-15)32(29,30)20-9-5-18(6-10-20)22(28)26-23-25-21(14-31-23)17-3-7-19(24)8-4-17/h3-10,14-16H,11-13H2,1-2H3,(H,25,26,28)/t15-,16+. The Morgan fingerprint density at radius 3 is 2.31 bits per heavy atom. The molecule has 32 heavy (non-hydrogen) atoms. The Balaban J connectivity index is 1.45. The molecule has 2 atom stereocenters. The maximum Gasteiger partial charge on any atom is 0.257 e. The van der Waals surface area contributed by atoms with Gasteiger partial charge >= 0.3 is 0 Å². The van der Waals surface area contributed by atoms with Gasteiger partial charge in [0.1, 0.15) is 0 Å². The molecule has 0 saturated carbocycles. The summed E-state index contributed by atoms with van der Waals surface area (Å²) in [7, 11) is -3.58. The molecule has 0 spiro atoms. The molecule has 1 fully saturated rings. The number of halogens is 1. The van der Waals surface area contributed by atoms with Gasteiger partial charge in [0.15, 0.2) is 5.13 Å². The van der Waals surface area contributed by atoms with E-state index in [0.29, 0.717) is 40.6 Å². The van der Waals surface area contributed by atoms with Crippen LogP contribution in [-0.4, -0.2) is 36.7 Å². The van der Waals surface area contributed by atoms with Gasteiger partial charge in [0, 0.05) is 34.6 Å². The van der Waals surface area contributed by atoms with Gasteiger partial charge in [-0.15, -0.1) is 11.3 Å². The summed E-state index contributed by atoms with van der Waals surface area (Å²) < 4.78 is 27.6. The van der Waals surface area contributed by atoms with Crippen molar-refractivity contribution < 1.29 is 13.2 Å². The Hall–Kier alpha value is -2.26. The molecule has 6 nitrogen and oxygen atoms in total. The summed E-state index contributed by atoms with van der Waals surface area (Å²) in [6.07, 6.45) is 1.03. The van der Waals surface area contributed by atoms with Gasteiger partial charge < -0.3 is 0 Å². The van der Waals surface area contributed by atoms with Crippen LogP contribution in [0.1, 0.15) is 30.6 Å². The van der Waals surface area contributed by atoms with Crippen LogP contribution in [0.2, 0.25) is 5.02 Å². The number of amides is 1. The van der Waals surface area contributed by atoms with Crippen molar-refractivity contribution in [2.45, 2.75) is 25.2 Å². The summed E-state index contributed by atoms with van der Waals surface area (Å²) in [5.41, 5.74) is 2.02. The lowest BCUT2D eigenvalue weighted by Gasteiger charge is -2.34. The topological polar surface area (TPSA) is 79.4 Å². The number of hydrogen-bond donors (Lipinski definition) is 1. The van der Waals surface area contributed by atoms with E-state index < -0.39 is 10.0 Å². The molecular weight excluding hydrogens is 466 g/mol. The van der Waals surface area contributed by atoms with Crippen LogP contribution < -0.4 is 5.32 Å². The first kappa shape index (κ1) is 22.9. The quantitative estimate of drug-likeness (QED) is 0.521. The van der Waals surface area contributed by atoms with E-state index in [0.717, 1.165) is 17.7 Å². The second kappa shape index (κ2) is 9.31. The third-order valence-electron chi connectivity index (χ3n) is 5.45. The third-order valence-corrected chi connectivity index (χ3v) is 8.31. The van der Waals surface area contributed by atoms with Crippen LogP contribution in [0.5, 0.6) is 0 Å². The Morgan fingerprint density at radius 1 is 1.06 bits per heavy atom. The number of nitrogens with one attached hydrogen (secondary N) is 1. The molecule has 1 N–H and O–H groups in total. The Labute approximate surface area is 197 Å². The molecule has 3 aromatic rings. The van der Waals surface area contributed by atoms with Crippen LogP contribution in [0.4, 0.5) is 5.13 Å². The van der Waals surface area contributed by atoms with Crippen LogP contribution >= 0.6 is 22.9 Å². The van der Waals surface area contributed by atoms with Gasteiger partial charge in [0.05, 0.1) is 10.6 Å². The molecule has 1 aliphatic rings. The SMILES string of the molecule is C[C@@H]1C[C@H](C)CN(S(=O)(=O)c2ccc(C(=O)Nc3nc(-c4ccc(Cl)cc4)cs3)cc2)C1. The Bertz CT molecular complexity index is 1200. The molecular formula is C23H24ClN3O3S2. The molecule has 0 unspecified atom stereocenters. The molecule has 2 heterocycles. The summed E-state index contributed by atoms with van der Waals surface area (Å²) in [6.45, 7) is 5.19. The maximum atomic E-state index is 13.0. The van der Waals surface area contributed by atoms with Gasteiger partial charge in [-0.05, 0) is 54.7 Å². The number of nitrogens with zero attached hydrogens (tertiary/aromatic N) is 2. The van der Waals surface area contributed by atoms with Gasteiger partial charge in [0.2, 0.25) is 10.0 Å². The fourth-order valence-corrected chi connectivity index (χ4v) is 6.50. The smallest absolute Gasteiger partial charge is 0.257 e. The fraction of sp³-hybridized carbons (Fsp3) is 0.304. The van der Waals surface area contributed by atoms with Gasteiger partial charge in [-0.3, -0.25) is 10.1 Å². The van der Waals surface area contributed by atoms with Crippen LogP contribution in [0.25, 0.3) is 11.3 Å². The number of anilines is 1. The summed E-state index contributed by atoms with van der Waals surface area (Å²) in [6, 6.07) is 13.4. The van der Waals surface area contributed by atoms with Crippen molar-refractivity contribution in [3.05, 3.63) is 64.5 Å². The van der Waals surface area contributed by atoms with Crippen molar-refractivity contribution >= 4 is 44.0 Å². The highest BCUT2D eigenvalue weighted by Gasteiger charge is 2.31. The number of hydrogen-bond acceptors (Lipinski definition) is 5. The van der Waals surface area contributed by atoms with Crippen molar-refractivity contribution in [3.63, 3.8) is 0 Å². The number of piperidine rings is 1. The first-order valence-electron chi connectivity index (χ1n) is 10.4. The largest absolute Gasteiger partial charge is 0.298 e. The van der Waals surface area contributed by atoms with Crippen LogP contribution in [0.3, 0.4) is 0 Å². The van der Waals surface area contributed by atoms with Crippen molar-refractivity contribution in [2.24, 2.45) is 11.8 Å². The Kier molecular flexibility index (Phi) is 6.67. The van der Waals surface area contributed by atoms with E-state index in [1.165, 1.54) is 35.6 Å². The van der Waals surface area contributed by atoms with E-state index in [1.807, 2.05) is 17.5 Å². The lowest BCUT2D eigenvalue weighted by Crippen LogP contribution is -2.42. The zero-order valence-corrected chi connectivity index (χ0v) is 20.2. The van der Waals surface area contributed by atoms with Gasteiger partial charge in [-0.2, -0.15) is 4.31 Å². The lowest BCUT2D eigenvalue weighted by atomic mass is 9.94. The number of carbonyl (C=O) groups is 1. The molecule has 0 aliphatic carbocycles. The van der Waals surface area contributed by atoms with Crippen LogP contribution in [0.15, 0.2) is 58.8 Å². The average Bonchev–Trinajstić information content (AvgIpc) is 3.22. The second-order valence-electron chi connectivity index (χ2n) is 8.29. The normalized spacial score (nSPS) is 19.6. The average molecular weight is 490 g/mol. The summed E-state index contributed by atoms with van der Waals surface area (Å²) in [5.74, 6) is 0.315. The number of thiazole rings is 1. The third kappa shape index (κ3) is 5.04. The monoisotopic (exact) mass is 489 g/mol. The predicted molar refractivity (Wildman–Crippen MR) is 129 cm³/mol. The van der Waals surface area contributed by atoms with Gasteiger partial charge in [-0.1, -0.05) is 37.6 Å². The molecule has 1 aliphatic heterocycles. The van der Waals surface area contributed by atoms with E-state index in [2.05, 4.69) is 24.1 Å². The van der Waals surface area contributed by atoms with Crippen molar-refractivity contribution in [1.82, 2.24) is 9.29 Å². The van der Waals surface area contributed by atoms with Crippen molar-refractivity contribution in [1.29, 1.82) is 0 Å². The van der Waals surface area contributed by atoms with Gasteiger partial charge in [-0.25, -0.2) is 13.4 Å². The highest BCUT2D eigenvalue weighted by atomic mass is 35.5. The number of rotatable bonds is 5. The fourth-order valence-electron chi connectivity index (χ4n) is 3.98. The molecule has 2 aromatic carbocycles. The minimum atomic E-state index is -3.58. The van der Waals surface area contributed by atoms with Crippen molar-refractivity contribution in [3.8, 4) is 11.3 Å². The van der Waals surface area contributed by atoms with Crippen LogP contribution in [0, 0.1) is 11.8 Å². The summed E-state index contributed by atoms with van der Waals surface area (Å²) in [4.78, 5) is 17.3. The number of sulfonamides is 1. The molecule has 9 heteroatoms. The molecule has 1 saturated heterocycles. The summed E-state index contributed by atoms with van der Waals surface area (Å²) >= 11 is 7.24. The van der Waals surface area contributed by atoms with E-state index in [-0.39, 0.29) is 10.8 Å². The first-order valence-corrected chi connectivity index (χ1v) is 13.0. The first-order chi connectivity index (χ1) is 15.2. The highest BCUT2D eigenvalue weighted by Crippen LogP contribution is 2.28. The zero-order chi connectivity index (χ0) is 22.9. The minimum absolute atomic E-state index is 0.203. The number of aromatic nitrogens is 1.